The molecule has 1 saturated heterocycles. The molecule has 1 N–H and O–H groups in total. The fraction of sp³-hybridized carbons (Fsp3) is 0.588. The summed E-state index contributed by atoms with van der Waals surface area (Å²) in [6, 6.07) is 4.92. The molecule has 1 aliphatic rings. The molecule has 0 radical (unpaired) electrons. The maximum absolute atomic E-state index is 4.83. The van der Waals surface area contributed by atoms with Crippen LogP contribution in [0.3, 0.4) is 0 Å². The average molecular weight is 286 g/mol. The monoisotopic (exact) mass is 286 g/mol. The van der Waals surface area contributed by atoms with E-state index in [0.717, 1.165) is 18.7 Å². The van der Waals surface area contributed by atoms with E-state index in [-0.39, 0.29) is 0 Å². The molecule has 0 bridgehead atoms. The van der Waals surface area contributed by atoms with Crippen LogP contribution in [0.2, 0.25) is 0 Å². The first-order chi connectivity index (χ1) is 10.3. The molecular formula is C17H26N4. The lowest BCUT2D eigenvalue weighted by atomic mass is 9.99. The minimum absolute atomic E-state index is 0.706. The molecule has 114 valence electrons. The molecule has 21 heavy (non-hydrogen) atoms. The maximum atomic E-state index is 4.83. The first-order valence-electron chi connectivity index (χ1n) is 8.10. The molecule has 1 atom stereocenters. The predicted octanol–water partition coefficient (Wildman–Crippen LogP) is 2.61. The van der Waals surface area contributed by atoms with Gasteiger partial charge in [0, 0.05) is 25.0 Å². The Balaban J connectivity index is 1.74. The van der Waals surface area contributed by atoms with E-state index in [1.165, 1.54) is 43.5 Å². The maximum Gasteiger partial charge on any atom is 0.139 e. The van der Waals surface area contributed by atoms with Crippen molar-refractivity contribution in [3.05, 3.63) is 35.8 Å². The largest absolute Gasteiger partial charge is 0.320 e. The summed E-state index contributed by atoms with van der Waals surface area (Å²) in [6.45, 7) is 5.42. The second kappa shape index (κ2) is 6.58. The molecule has 1 unspecified atom stereocenters. The van der Waals surface area contributed by atoms with E-state index >= 15 is 0 Å². The second-order valence-corrected chi connectivity index (χ2v) is 6.17. The molecule has 2 aromatic heterocycles. The number of aromatic nitrogens is 2. The molecular weight excluding hydrogens is 260 g/mol. The first kappa shape index (κ1) is 14.5. The standard InChI is InChI=1S/C17H26N4/c1-14-6-5-11-21-13-15(19-17(14)21)12-20-10-4-3-7-16(20)8-9-18-2/h5-6,11,13,16,18H,3-4,7-10,12H2,1-2H3. The lowest BCUT2D eigenvalue weighted by Crippen LogP contribution is -2.40. The van der Waals surface area contributed by atoms with Crippen molar-refractivity contribution in [1.82, 2.24) is 19.6 Å². The Morgan fingerprint density at radius 1 is 1.38 bits per heavy atom. The summed E-state index contributed by atoms with van der Waals surface area (Å²) in [7, 11) is 2.04. The van der Waals surface area contributed by atoms with Crippen molar-refractivity contribution in [3.63, 3.8) is 0 Å². The van der Waals surface area contributed by atoms with Crippen molar-refractivity contribution >= 4 is 5.65 Å². The number of aryl methyl sites for hydroxylation is 1. The normalized spacial score (nSPS) is 20.2. The van der Waals surface area contributed by atoms with Crippen molar-refractivity contribution in [1.29, 1.82) is 0 Å². The molecule has 0 amide bonds. The van der Waals surface area contributed by atoms with Crippen molar-refractivity contribution in [3.8, 4) is 0 Å². The van der Waals surface area contributed by atoms with Gasteiger partial charge in [0.1, 0.15) is 5.65 Å². The Morgan fingerprint density at radius 2 is 2.29 bits per heavy atom. The van der Waals surface area contributed by atoms with E-state index in [1.54, 1.807) is 0 Å². The van der Waals surface area contributed by atoms with Crippen molar-refractivity contribution in [2.24, 2.45) is 0 Å². The number of nitrogens with zero attached hydrogens (tertiary/aromatic N) is 3. The molecule has 0 aromatic carbocycles. The summed E-state index contributed by atoms with van der Waals surface area (Å²) in [5.41, 5.74) is 3.53. The van der Waals surface area contributed by atoms with Gasteiger partial charge in [0.25, 0.3) is 0 Å². The molecule has 3 heterocycles. The van der Waals surface area contributed by atoms with Crippen LogP contribution in [0.5, 0.6) is 0 Å². The van der Waals surface area contributed by atoms with E-state index in [0.29, 0.717) is 6.04 Å². The summed E-state index contributed by atoms with van der Waals surface area (Å²) >= 11 is 0. The zero-order valence-electron chi connectivity index (χ0n) is 13.2. The van der Waals surface area contributed by atoms with Gasteiger partial charge in [-0.2, -0.15) is 0 Å². The molecule has 2 aromatic rings. The highest BCUT2D eigenvalue weighted by Gasteiger charge is 2.22. The number of pyridine rings is 1. The van der Waals surface area contributed by atoms with Gasteiger partial charge in [-0.05, 0) is 58.0 Å². The van der Waals surface area contributed by atoms with Gasteiger partial charge in [-0.3, -0.25) is 4.90 Å². The van der Waals surface area contributed by atoms with E-state index in [9.17, 15) is 0 Å². The Bertz CT molecular complexity index is 589. The average Bonchev–Trinajstić information content (AvgIpc) is 2.90. The summed E-state index contributed by atoms with van der Waals surface area (Å²) in [4.78, 5) is 7.45. The minimum atomic E-state index is 0.706. The molecule has 4 nitrogen and oxygen atoms in total. The Labute approximate surface area is 127 Å². The van der Waals surface area contributed by atoms with Crippen molar-refractivity contribution < 1.29 is 0 Å². The predicted molar refractivity (Wildman–Crippen MR) is 86.5 cm³/mol. The Kier molecular flexibility index (Phi) is 4.56. The fourth-order valence-corrected chi connectivity index (χ4v) is 3.39. The van der Waals surface area contributed by atoms with Crippen molar-refractivity contribution in [2.75, 3.05) is 20.1 Å². The highest BCUT2D eigenvalue weighted by atomic mass is 15.2. The minimum Gasteiger partial charge on any atom is -0.320 e. The Hall–Kier alpha value is -1.39. The zero-order chi connectivity index (χ0) is 14.7. The number of likely N-dealkylation sites (tertiary alicyclic amines) is 1. The molecule has 0 saturated carbocycles. The number of rotatable bonds is 5. The Morgan fingerprint density at radius 3 is 3.10 bits per heavy atom. The summed E-state index contributed by atoms with van der Waals surface area (Å²) < 4.78 is 2.15. The number of imidazole rings is 1. The lowest BCUT2D eigenvalue weighted by Gasteiger charge is -2.35. The first-order valence-corrected chi connectivity index (χ1v) is 8.10. The van der Waals surface area contributed by atoms with Gasteiger partial charge in [0.15, 0.2) is 0 Å². The van der Waals surface area contributed by atoms with Crippen LogP contribution in [0.25, 0.3) is 5.65 Å². The topological polar surface area (TPSA) is 32.6 Å². The number of hydrogen-bond acceptors (Lipinski definition) is 3. The smallest absolute Gasteiger partial charge is 0.139 e. The summed E-state index contributed by atoms with van der Waals surface area (Å²) in [6.07, 6.45) is 9.54. The van der Waals surface area contributed by atoms with E-state index < -0.39 is 0 Å². The van der Waals surface area contributed by atoms with Crippen LogP contribution < -0.4 is 5.32 Å². The summed E-state index contributed by atoms with van der Waals surface area (Å²) in [5.74, 6) is 0. The number of piperidine rings is 1. The van der Waals surface area contributed by atoms with Gasteiger partial charge in [-0.15, -0.1) is 0 Å². The molecule has 4 heteroatoms. The second-order valence-electron chi connectivity index (χ2n) is 6.17. The number of fused-ring (bicyclic) bond motifs is 1. The van der Waals surface area contributed by atoms with Gasteiger partial charge in [-0.1, -0.05) is 12.5 Å². The van der Waals surface area contributed by atoms with Gasteiger partial charge < -0.3 is 9.72 Å². The van der Waals surface area contributed by atoms with Crippen LogP contribution in [-0.2, 0) is 6.54 Å². The van der Waals surface area contributed by atoms with E-state index in [1.807, 2.05) is 7.05 Å². The quantitative estimate of drug-likeness (QED) is 0.917. The molecule has 0 spiro atoms. The van der Waals surface area contributed by atoms with Crippen LogP contribution in [0.1, 0.15) is 36.9 Å². The number of nitrogens with one attached hydrogen (secondary N) is 1. The highest BCUT2D eigenvalue weighted by Crippen LogP contribution is 2.22. The van der Waals surface area contributed by atoms with Crippen LogP contribution in [-0.4, -0.2) is 40.5 Å². The van der Waals surface area contributed by atoms with E-state index in [4.69, 9.17) is 4.98 Å². The van der Waals surface area contributed by atoms with Gasteiger partial charge in [-0.25, -0.2) is 4.98 Å². The van der Waals surface area contributed by atoms with Gasteiger partial charge >= 0.3 is 0 Å². The SMILES string of the molecule is CNCCC1CCCCN1Cc1cn2cccc(C)c2n1. The van der Waals surface area contributed by atoms with Gasteiger partial charge in [0.2, 0.25) is 0 Å². The lowest BCUT2D eigenvalue weighted by molar-refractivity contribution is 0.131. The van der Waals surface area contributed by atoms with Crippen LogP contribution in [0.15, 0.2) is 24.5 Å². The van der Waals surface area contributed by atoms with Crippen molar-refractivity contribution in [2.45, 2.75) is 45.2 Å². The highest BCUT2D eigenvalue weighted by molar-refractivity contribution is 5.47. The third-order valence-corrected chi connectivity index (χ3v) is 4.57. The van der Waals surface area contributed by atoms with Gasteiger partial charge in [0.05, 0.1) is 5.69 Å². The molecule has 1 fully saturated rings. The molecule has 0 aliphatic carbocycles. The number of hydrogen-bond donors (Lipinski definition) is 1. The van der Waals surface area contributed by atoms with Crippen LogP contribution in [0, 0.1) is 6.92 Å². The third kappa shape index (κ3) is 3.27. The zero-order valence-corrected chi connectivity index (χ0v) is 13.2. The molecule has 3 rings (SSSR count). The molecule has 1 aliphatic heterocycles. The third-order valence-electron chi connectivity index (χ3n) is 4.57. The fourth-order valence-electron chi connectivity index (χ4n) is 3.39. The van der Waals surface area contributed by atoms with E-state index in [2.05, 4.69) is 46.1 Å². The van der Waals surface area contributed by atoms with Crippen LogP contribution >= 0.6 is 0 Å². The van der Waals surface area contributed by atoms with Crippen LogP contribution in [0.4, 0.5) is 0 Å². The summed E-state index contributed by atoms with van der Waals surface area (Å²) in [5, 5.41) is 3.28.